The van der Waals surface area contributed by atoms with E-state index in [1.165, 1.54) is 13.2 Å². The molecule has 0 amide bonds. The summed E-state index contributed by atoms with van der Waals surface area (Å²) in [5, 5.41) is 8.99. The highest BCUT2D eigenvalue weighted by Gasteiger charge is 2.24. The Labute approximate surface area is 111 Å². The second-order valence-corrected chi connectivity index (χ2v) is 4.77. The lowest BCUT2D eigenvalue weighted by atomic mass is 9.86. The van der Waals surface area contributed by atoms with Gasteiger partial charge in [-0.15, -0.1) is 0 Å². The predicted octanol–water partition coefficient (Wildman–Crippen LogP) is 1.89. The van der Waals surface area contributed by atoms with Crippen molar-refractivity contribution in [3.63, 3.8) is 0 Å². The van der Waals surface area contributed by atoms with Gasteiger partial charge in [-0.2, -0.15) is 5.26 Å². The molecule has 0 N–H and O–H groups in total. The number of nitrogens with zero attached hydrogens (tertiary/aromatic N) is 2. The average Bonchev–Trinajstić information content (AvgIpc) is 2.46. The van der Waals surface area contributed by atoms with Crippen molar-refractivity contribution in [3.8, 4) is 6.07 Å². The summed E-state index contributed by atoms with van der Waals surface area (Å²) < 4.78 is 6.16. The van der Waals surface area contributed by atoms with Crippen LogP contribution in [0.5, 0.6) is 0 Å². The van der Waals surface area contributed by atoms with Gasteiger partial charge >= 0.3 is 5.97 Å². The monoisotopic (exact) mass is 260 g/mol. The molecule has 1 fully saturated rings. The summed E-state index contributed by atoms with van der Waals surface area (Å²) in [6.07, 6.45) is 5.03. The number of carbonyl (C=O) groups is 1. The van der Waals surface area contributed by atoms with Gasteiger partial charge in [-0.25, -0.2) is 4.79 Å². The lowest BCUT2D eigenvalue weighted by molar-refractivity contribution is 0.0597. The maximum absolute atomic E-state index is 12.2. The van der Waals surface area contributed by atoms with E-state index in [0.29, 0.717) is 6.42 Å². The molecule has 0 radical (unpaired) electrons. The zero-order valence-corrected chi connectivity index (χ0v) is 10.8. The minimum absolute atomic E-state index is 0.00416. The third kappa shape index (κ3) is 2.68. The molecule has 1 aromatic rings. The first-order chi connectivity index (χ1) is 9.17. The Bertz CT molecular complexity index is 571. The lowest BCUT2D eigenvalue weighted by Gasteiger charge is -2.27. The van der Waals surface area contributed by atoms with Gasteiger partial charge in [0.2, 0.25) is 0 Å². The van der Waals surface area contributed by atoms with Crippen LogP contribution in [0.15, 0.2) is 23.1 Å². The average molecular weight is 260 g/mol. The van der Waals surface area contributed by atoms with Crippen LogP contribution < -0.4 is 5.56 Å². The summed E-state index contributed by atoms with van der Waals surface area (Å²) in [7, 11) is 1.26. The van der Waals surface area contributed by atoms with Crippen LogP contribution in [0.4, 0.5) is 0 Å². The number of rotatable bonds is 2. The van der Waals surface area contributed by atoms with Gasteiger partial charge in [0.25, 0.3) is 5.56 Å². The van der Waals surface area contributed by atoms with E-state index in [4.69, 9.17) is 5.26 Å². The van der Waals surface area contributed by atoms with E-state index in [9.17, 15) is 9.59 Å². The van der Waals surface area contributed by atoms with Crippen LogP contribution >= 0.6 is 0 Å². The Morgan fingerprint density at radius 3 is 3.00 bits per heavy atom. The fraction of sp³-hybridized carbons (Fsp3) is 0.500. The highest BCUT2D eigenvalue weighted by molar-refractivity contribution is 5.88. The van der Waals surface area contributed by atoms with Crippen molar-refractivity contribution in [2.24, 2.45) is 5.92 Å². The van der Waals surface area contributed by atoms with Crippen molar-refractivity contribution >= 4 is 5.97 Å². The van der Waals surface area contributed by atoms with Gasteiger partial charge in [0.1, 0.15) is 5.56 Å². The Kier molecular flexibility index (Phi) is 4.00. The molecular weight excluding hydrogens is 244 g/mol. The summed E-state index contributed by atoms with van der Waals surface area (Å²) in [5.74, 6) is -0.626. The smallest absolute Gasteiger partial charge is 0.343 e. The number of nitriles is 1. The van der Waals surface area contributed by atoms with Crippen molar-refractivity contribution in [1.82, 2.24) is 4.57 Å². The third-order valence-corrected chi connectivity index (χ3v) is 3.60. The zero-order valence-electron chi connectivity index (χ0n) is 10.8. The van der Waals surface area contributed by atoms with Gasteiger partial charge in [0.15, 0.2) is 0 Å². The molecule has 0 aromatic carbocycles. The Hall–Kier alpha value is -2.09. The van der Waals surface area contributed by atoms with Crippen LogP contribution in [0.25, 0.3) is 0 Å². The van der Waals surface area contributed by atoms with Gasteiger partial charge in [0.05, 0.1) is 13.2 Å². The largest absolute Gasteiger partial charge is 0.465 e. The molecule has 1 aliphatic rings. The summed E-state index contributed by atoms with van der Waals surface area (Å²) in [5.41, 5.74) is -0.290. The molecule has 1 aromatic heterocycles. The van der Waals surface area contributed by atoms with Crippen molar-refractivity contribution in [1.29, 1.82) is 5.26 Å². The first-order valence-electron chi connectivity index (χ1n) is 6.36. The van der Waals surface area contributed by atoms with E-state index in [2.05, 4.69) is 10.8 Å². The van der Waals surface area contributed by atoms with Crippen LogP contribution in [0.1, 0.15) is 42.1 Å². The molecule has 2 unspecified atom stereocenters. The summed E-state index contributed by atoms with van der Waals surface area (Å²) in [6, 6.07) is 5.40. The number of aromatic nitrogens is 1. The Morgan fingerprint density at radius 1 is 1.53 bits per heavy atom. The van der Waals surface area contributed by atoms with Crippen LogP contribution in [0, 0.1) is 17.2 Å². The fourth-order valence-corrected chi connectivity index (χ4v) is 2.60. The second-order valence-electron chi connectivity index (χ2n) is 4.77. The van der Waals surface area contributed by atoms with Gasteiger partial charge in [-0.05, 0) is 31.4 Å². The molecular formula is C14H16N2O3. The van der Waals surface area contributed by atoms with Crippen molar-refractivity contribution in [3.05, 3.63) is 34.2 Å². The molecule has 1 heterocycles. The second kappa shape index (κ2) is 5.70. The quantitative estimate of drug-likeness (QED) is 0.761. The topological polar surface area (TPSA) is 72.1 Å². The number of pyridine rings is 1. The predicted molar refractivity (Wildman–Crippen MR) is 68.6 cm³/mol. The normalized spacial score (nSPS) is 22.5. The maximum Gasteiger partial charge on any atom is 0.343 e. The van der Waals surface area contributed by atoms with E-state index < -0.39 is 5.97 Å². The van der Waals surface area contributed by atoms with Crippen LogP contribution in [-0.4, -0.2) is 17.6 Å². The van der Waals surface area contributed by atoms with Crippen LogP contribution in [0.3, 0.4) is 0 Å². The number of hydrogen-bond donors (Lipinski definition) is 0. The molecule has 1 aliphatic carbocycles. The third-order valence-electron chi connectivity index (χ3n) is 3.60. The standard InChI is InChI=1S/C14H16N2O3/c1-19-14(18)12-6-3-7-16(13(12)17)11-5-2-4-10(8-11)9-15/h3,6-7,10-11H,2,4-5,8H2,1H3. The minimum Gasteiger partial charge on any atom is -0.465 e. The zero-order chi connectivity index (χ0) is 13.8. The molecule has 5 heteroatoms. The number of esters is 1. The number of carbonyl (C=O) groups excluding carboxylic acids is 1. The van der Waals surface area contributed by atoms with Crippen molar-refractivity contribution in [2.75, 3.05) is 7.11 Å². The lowest BCUT2D eigenvalue weighted by Crippen LogP contribution is -2.31. The number of hydrogen-bond acceptors (Lipinski definition) is 4. The van der Waals surface area contributed by atoms with Gasteiger partial charge < -0.3 is 9.30 Å². The van der Waals surface area contributed by atoms with Gasteiger partial charge in [-0.1, -0.05) is 6.42 Å². The van der Waals surface area contributed by atoms with E-state index in [0.717, 1.165) is 19.3 Å². The molecule has 0 aliphatic heterocycles. The molecule has 2 atom stereocenters. The van der Waals surface area contributed by atoms with Crippen LogP contribution in [-0.2, 0) is 4.74 Å². The summed E-state index contributed by atoms with van der Waals surface area (Å²) >= 11 is 0. The fourth-order valence-electron chi connectivity index (χ4n) is 2.60. The highest BCUT2D eigenvalue weighted by atomic mass is 16.5. The summed E-state index contributed by atoms with van der Waals surface area (Å²) in [4.78, 5) is 23.7. The molecule has 1 saturated carbocycles. The molecule has 2 rings (SSSR count). The van der Waals surface area contributed by atoms with E-state index in [1.807, 2.05) is 0 Å². The highest BCUT2D eigenvalue weighted by Crippen LogP contribution is 2.31. The van der Waals surface area contributed by atoms with Crippen LogP contribution in [0.2, 0.25) is 0 Å². The first-order valence-corrected chi connectivity index (χ1v) is 6.36. The van der Waals surface area contributed by atoms with E-state index in [-0.39, 0.29) is 23.1 Å². The summed E-state index contributed by atoms with van der Waals surface area (Å²) in [6.45, 7) is 0. The van der Waals surface area contributed by atoms with Gasteiger partial charge in [-0.3, -0.25) is 4.79 Å². The molecule has 19 heavy (non-hydrogen) atoms. The Balaban J connectivity index is 2.33. The minimum atomic E-state index is -0.619. The molecule has 5 nitrogen and oxygen atoms in total. The van der Waals surface area contributed by atoms with E-state index in [1.54, 1.807) is 16.8 Å². The molecule has 0 spiro atoms. The Morgan fingerprint density at radius 2 is 2.32 bits per heavy atom. The maximum atomic E-state index is 12.2. The van der Waals surface area contributed by atoms with E-state index >= 15 is 0 Å². The number of ether oxygens (including phenoxy) is 1. The van der Waals surface area contributed by atoms with Crippen molar-refractivity contribution in [2.45, 2.75) is 31.7 Å². The molecule has 0 bridgehead atoms. The molecule has 100 valence electrons. The van der Waals surface area contributed by atoms with Gasteiger partial charge in [0, 0.05) is 18.2 Å². The number of methoxy groups -OCH3 is 1. The molecule has 0 saturated heterocycles. The SMILES string of the molecule is COC(=O)c1cccn(C2CCCC(C#N)C2)c1=O. The first kappa shape index (κ1) is 13.3. The van der Waals surface area contributed by atoms with Crippen molar-refractivity contribution < 1.29 is 9.53 Å².